The van der Waals surface area contributed by atoms with Crippen molar-refractivity contribution >= 4 is 5.91 Å². The number of benzene rings is 1. The molecule has 2 aliphatic heterocycles. The van der Waals surface area contributed by atoms with Gasteiger partial charge < -0.3 is 14.4 Å². The number of ether oxygens (including phenoxy) is 2. The summed E-state index contributed by atoms with van der Waals surface area (Å²) in [4.78, 5) is 17.5. The van der Waals surface area contributed by atoms with E-state index in [1.807, 2.05) is 12.1 Å². The molecule has 2 heterocycles. The monoisotopic (exact) mass is 360 g/mol. The van der Waals surface area contributed by atoms with Gasteiger partial charge in [0.25, 0.3) is 0 Å². The van der Waals surface area contributed by atoms with Crippen molar-refractivity contribution in [1.82, 2.24) is 9.80 Å². The summed E-state index contributed by atoms with van der Waals surface area (Å²) in [7, 11) is 3.39. The van der Waals surface area contributed by atoms with Crippen molar-refractivity contribution in [1.29, 1.82) is 0 Å². The Labute approximate surface area is 157 Å². The zero-order valence-corrected chi connectivity index (χ0v) is 16.4. The molecule has 0 saturated carbocycles. The number of nitrogens with zero attached hydrogens (tertiary/aromatic N) is 2. The summed E-state index contributed by atoms with van der Waals surface area (Å²) in [6.07, 6.45) is 6.74. The maximum Gasteiger partial charge on any atom is 0.237 e. The Morgan fingerprint density at radius 3 is 2.69 bits per heavy atom. The molecule has 2 saturated heterocycles. The molecule has 5 nitrogen and oxygen atoms in total. The van der Waals surface area contributed by atoms with Gasteiger partial charge in [-0.1, -0.05) is 6.92 Å². The predicted octanol–water partition coefficient (Wildman–Crippen LogP) is 3.63. The number of piperidine rings is 1. The van der Waals surface area contributed by atoms with Gasteiger partial charge >= 0.3 is 0 Å². The van der Waals surface area contributed by atoms with E-state index in [4.69, 9.17) is 9.47 Å². The van der Waals surface area contributed by atoms with E-state index in [2.05, 4.69) is 22.8 Å². The molecule has 2 fully saturated rings. The zero-order chi connectivity index (χ0) is 18.5. The molecule has 0 spiro atoms. The Kier molecular flexibility index (Phi) is 6.41. The lowest BCUT2D eigenvalue weighted by molar-refractivity contribution is -0.136. The second-order valence-electron chi connectivity index (χ2n) is 7.38. The van der Waals surface area contributed by atoms with Gasteiger partial charge in [0, 0.05) is 24.2 Å². The fourth-order valence-corrected chi connectivity index (χ4v) is 4.49. The van der Waals surface area contributed by atoms with Gasteiger partial charge in [-0.2, -0.15) is 0 Å². The first-order valence-corrected chi connectivity index (χ1v) is 9.93. The Balaban J connectivity index is 1.75. The molecule has 0 aliphatic carbocycles. The van der Waals surface area contributed by atoms with Crippen molar-refractivity contribution < 1.29 is 14.3 Å². The van der Waals surface area contributed by atoms with Gasteiger partial charge in [-0.15, -0.1) is 0 Å². The average Bonchev–Trinajstić information content (AvgIpc) is 3.15. The minimum Gasteiger partial charge on any atom is -0.497 e. The SMILES string of the molecule is CC[C@@H]1CCCCN1C(=O)CN1CCC[C@@H]1c1cc(OC)ccc1OC. The lowest BCUT2D eigenvalue weighted by Crippen LogP contribution is -2.47. The molecule has 2 aliphatic rings. The smallest absolute Gasteiger partial charge is 0.237 e. The highest BCUT2D eigenvalue weighted by Crippen LogP contribution is 2.38. The van der Waals surface area contributed by atoms with Crippen LogP contribution >= 0.6 is 0 Å². The normalized spacial score (nSPS) is 23.9. The van der Waals surface area contributed by atoms with E-state index < -0.39 is 0 Å². The van der Waals surface area contributed by atoms with E-state index in [9.17, 15) is 4.79 Å². The van der Waals surface area contributed by atoms with E-state index in [0.29, 0.717) is 12.6 Å². The number of methoxy groups -OCH3 is 2. The molecule has 144 valence electrons. The highest BCUT2D eigenvalue weighted by molar-refractivity contribution is 5.78. The van der Waals surface area contributed by atoms with E-state index >= 15 is 0 Å². The standard InChI is InChI=1S/C21H32N2O3/c1-4-16-8-5-6-13-23(16)21(24)15-22-12-7-9-19(22)18-14-17(25-2)10-11-20(18)26-3/h10-11,14,16,19H,4-9,12-13,15H2,1-3H3/t16-,19-/m1/s1. The number of likely N-dealkylation sites (tertiary alicyclic amines) is 2. The molecule has 0 bridgehead atoms. The molecule has 0 N–H and O–H groups in total. The summed E-state index contributed by atoms with van der Waals surface area (Å²) in [6, 6.07) is 6.58. The first-order valence-electron chi connectivity index (χ1n) is 9.93. The Hall–Kier alpha value is -1.75. The van der Waals surface area contributed by atoms with Crippen LogP contribution in [0.1, 0.15) is 57.1 Å². The maximum absolute atomic E-state index is 13.0. The molecule has 1 aromatic rings. The average molecular weight is 360 g/mol. The van der Waals surface area contributed by atoms with Gasteiger partial charge in [-0.3, -0.25) is 9.69 Å². The van der Waals surface area contributed by atoms with Gasteiger partial charge in [0.2, 0.25) is 5.91 Å². The molecular weight excluding hydrogens is 328 g/mol. The minimum atomic E-state index is 0.217. The van der Waals surface area contributed by atoms with Gasteiger partial charge in [-0.25, -0.2) is 0 Å². The van der Waals surface area contributed by atoms with Crippen LogP contribution in [0.15, 0.2) is 18.2 Å². The summed E-state index contributed by atoms with van der Waals surface area (Å²) >= 11 is 0. The van der Waals surface area contributed by atoms with Crippen LogP contribution in [-0.4, -0.2) is 55.6 Å². The topological polar surface area (TPSA) is 42.0 Å². The molecule has 3 rings (SSSR count). The van der Waals surface area contributed by atoms with Crippen molar-refractivity contribution in [3.8, 4) is 11.5 Å². The fourth-order valence-electron chi connectivity index (χ4n) is 4.49. The molecule has 2 atom stereocenters. The third kappa shape index (κ3) is 3.98. The summed E-state index contributed by atoms with van der Waals surface area (Å²) in [5.74, 6) is 1.99. The minimum absolute atomic E-state index is 0.217. The van der Waals surface area contributed by atoms with Crippen LogP contribution in [0.4, 0.5) is 0 Å². The Morgan fingerprint density at radius 2 is 1.96 bits per heavy atom. The van der Waals surface area contributed by atoms with Crippen molar-refractivity contribution in [2.75, 3.05) is 33.9 Å². The fraction of sp³-hybridized carbons (Fsp3) is 0.667. The third-order valence-electron chi connectivity index (χ3n) is 5.92. The number of hydrogen-bond acceptors (Lipinski definition) is 4. The lowest BCUT2D eigenvalue weighted by atomic mass is 9.99. The van der Waals surface area contributed by atoms with Crippen LogP contribution < -0.4 is 9.47 Å². The zero-order valence-electron chi connectivity index (χ0n) is 16.4. The molecular formula is C21H32N2O3. The van der Waals surface area contributed by atoms with Crippen LogP contribution in [0.3, 0.4) is 0 Å². The molecule has 1 aromatic carbocycles. The summed E-state index contributed by atoms with van der Waals surface area (Å²) in [5, 5.41) is 0. The van der Waals surface area contributed by atoms with E-state index in [-0.39, 0.29) is 11.9 Å². The summed E-state index contributed by atoms with van der Waals surface area (Å²) in [5.41, 5.74) is 1.13. The van der Waals surface area contributed by atoms with Crippen LogP contribution in [0, 0.1) is 0 Å². The highest BCUT2D eigenvalue weighted by atomic mass is 16.5. The highest BCUT2D eigenvalue weighted by Gasteiger charge is 2.33. The van der Waals surface area contributed by atoms with Crippen molar-refractivity contribution in [3.63, 3.8) is 0 Å². The molecule has 0 unspecified atom stereocenters. The predicted molar refractivity (Wildman–Crippen MR) is 103 cm³/mol. The van der Waals surface area contributed by atoms with E-state index in [1.54, 1.807) is 14.2 Å². The largest absolute Gasteiger partial charge is 0.497 e. The Morgan fingerprint density at radius 1 is 1.12 bits per heavy atom. The summed E-state index contributed by atoms with van der Waals surface area (Å²) in [6.45, 7) is 4.57. The number of rotatable bonds is 6. The molecule has 26 heavy (non-hydrogen) atoms. The summed E-state index contributed by atoms with van der Waals surface area (Å²) < 4.78 is 11.0. The second-order valence-corrected chi connectivity index (χ2v) is 7.38. The number of hydrogen-bond donors (Lipinski definition) is 0. The quantitative estimate of drug-likeness (QED) is 0.777. The van der Waals surface area contributed by atoms with Crippen LogP contribution in [0.5, 0.6) is 11.5 Å². The van der Waals surface area contributed by atoms with Gasteiger partial charge in [0.05, 0.1) is 20.8 Å². The number of carbonyl (C=O) groups excluding carboxylic acids is 1. The molecule has 0 radical (unpaired) electrons. The first-order chi connectivity index (χ1) is 12.7. The second kappa shape index (κ2) is 8.76. The van der Waals surface area contributed by atoms with Crippen molar-refractivity contribution in [2.24, 2.45) is 0 Å². The van der Waals surface area contributed by atoms with Gasteiger partial charge in [-0.05, 0) is 63.3 Å². The third-order valence-corrected chi connectivity index (χ3v) is 5.92. The first kappa shape index (κ1) is 19.0. The van der Waals surface area contributed by atoms with Crippen LogP contribution in [0.25, 0.3) is 0 Å². The maximum atomic E-state index is 13.0. The van der Waals surface area contributed by atoms with Crippen molar-refractivity contribution in [3.05, 3.63) is 23.8 Å². The number of amides is 1. The lowest BCUT2D eigenvalue weighted by Gasteiger charge is -2.37. The van der Waals surface area contributed by atoms with Crippen molar-refractivity contribution in [2.45, 2.75) is 57.5 Å². The molecule has 0 aromatic heterocycles. The van der Waals surface area contributed by atoms with Gasteiger partial charge in [0.15, 0.2) is 0 Å². The van der Waals surface area contributed by atoms with Crippen LogP contribution in [-0.2, 0) is 4.79 Å². The van der Waals surface area contributed by atoms with E-state index in [0.717, 1.165) is 62.3 Å². The van der Waals surface area contributed by atoms with E-state index in [1.165, 1.54) is 6.42 Å². The number of carbonyl (C=O) groups is 1. The molecule has 5 heteroatoms. The molecule has 1 amide bonds. The Bertz CT molecular complexity index is 619. The van der Waals surface area contributed by atoms with Gasteiger partial charge in [0.1, 0.15) is 11.5 Å². The van der Waals surface area contributed by atoms with Crippen LogP contribution in [0.2, 0.25) is 0 Å².